The highest BCUT2D eigenvalue weighted by molar-refractivity contribution is 6.61. The van der Waals surface area contributed by atoms with Crippen LogP contribution in [0.25, 0.3) is 0 Å². The van der Waals surface area contributed by atoms with Gasteiger partial charge in [0, 0.05) is 14.2 Å². The van der Waals surface area contributed by atoms with E-state index in [9.17, 15) is 0 Å². The lowest BCUT2D eigenvalue weighted by atomic mass is 9.96. The van der Waals surface area contributed by atoms with Gasteiger partial charge in [-0.15, -0.1) is 0 Å². The Bertz CT molecular complexity index is 499. The summed E-state index contributed by atoms with van der Waals surface area (Å²) in [6.45, 7) is 4.57. The largest absolute Gasteiger partial charge is 0.423 e. The Morgan fingerprint density at radius 3 is 1.62 bits per heavy atom. The van der Waals surface area contributed by atoms with E-state index in [-0.39, 0.29) is 0 Å². The first-order valence-electron chi connectivity index (χ1n) is 12.3. The number of unbranched alkanes of at least 4 members (excludes halogenated alkanes) is 12. The van der Waals surface area contributed by atoms with Crippen LogP contribution in [0, 0.1) is 0 Å². The van der Waals surface area contributed by atoms with E-state index in [0.717, 1.165) is 0 Å². The summed E-state index contributed by atoms with van der Waals surface area (Å²) in [5, 5.41) is 1.34. The molecule has 0 heterocycles. The first kappa shape index (κ1) is 26.4. The Balaban J connectivity index is 2.60. The monoisotopic (exact) mass is 419 g/mol. The molecule has 0 saturated heterocycles. The molecule has 0 unspecified atom stereocenters. The number of hydrogen-bond acceptors (Lipinski definition) is 2. The van der Waals surface area contributed by atoms with Gasteiger partial charge in [-0.1, -0.05) is 109 Å². The molecule has 0 aliphatic heterocycles. The van der Waals surface area contributed by atoms with Gasteiger partial charge >= 0.3 is 9.28 Å². The molecule has 0 saturated carbocycles. The smallest absolute Gasteiger partial charge is 0.393 e. The molecule has 167 valence electrons. The third-order valence-corrected chi connectivity index (χ3v) is 7.59. The predicted octanol–water partition coefficient (Wildman–Crippen LogP) is 7.26. The molecule has 0 amide bonds. The van der Waals surface area contributed by atoms with Gasteiger partial charge in [0.2, 0.25) is 0 Å². The molecular weight excluding hydrogens is 372 g/mol. The molecule has 0 fully saturated rings. The molecule has 0 aromatic heterocycles. The van der Waals surface area contributed by atoms with Crippen molar-refractivity contribution in [2.24, 2.45) is 0 Å². The van der Waals surface area contributed by atoms with Gasteiger partial charge in [-0.3, -0.25) is 0 Å². The van der Waals surface area contributed by atoms with Crippen molar-refractivity contribution in [1.82, 2.24) is 0 Å². The second-order valence-corrected chi connectivity index (χ2v) is 10.3. The van der Waals surface area contributed by atoms with Gasteiger partial charge in [0.1, 0.15) is 0 Å². The van der Waals surface area contributed by atoms with Gasteiger partial charge in [0.05, 0.1) is 0 Å². The molecule has 0 aliphatic carbocycles. The highest BCUT2D eigenvalue weighted by Crippen LogP contribution is 2.18. The van der Waals surface area contributed by atoms with Crippen molar-refractivity contribution in [3.63, 3.8) is 0 Å². The summed E-state index contributed by atoms with van der Waals surface area (Å²) in [7, 11) is 2.23. The minimum Gasteiger partial charge on any atom is -0.393 e. The Kier molecular flexibility index (Phi) is 16.5. The van der Waals surface area contributed by atoms with Gasteiger partial charge in [-0.25, -0.2) is 0 Å². The summed E-state index contributed by atoms with van der Waals surface area (Å²) in [5.74, 6) is 0. The number of aryl methyl sites for hydroxylation is 1. The highest BCUT2D eigenvalue weighted by Gasteiger charge is 2.21. The van der Waals surface area contributed by atoms with Crippen LogP contribution in [-0.4, -0.2) is 23.5 Å². The molecule has 0 N–H and O–H groups in total. The van der Waals surface area contributed by atoms with Crippen molar-refractivity contribution < 1.29 is 8.85 Å². The van der Waals surface area contributed by atoms with Crippen LogP contribution >= 0.6 is 0 Å². The summed E-state index contributed by atoms with van der Waals surface area (Å²) >= 11 is 0. The molecule has 0 aliphatic rings. The second kappa shape index (κ2) is 18.2. The molecule has 2 nitrogen and oxygen atoms in total. The fourth-order valence-electron chi connectivity index (χ4n) is 4.19. The van der Waals surface area contributed by atoms with Gasteiger partial charge in [-0.2, -0.15) is 0 Å². The van der Waals surface area contributed by atoms with E-state index < -0.39 is 9.28 Å². The standard InChI is InChI=1S/C26H47O2Si/c1-5-7-9-11-13-15-17-20-24-21-19-23-26(29(27-3)28-4)25(24)22-18-16-14-12-10-8-6-2/h19,21,23H,5-18,20,22H2,1-4H3. The van der Waals surface area contributed by atoms with Crippen molar-refractivity contribution in [3.8, 4) is 0 Å². The van der Waals surface area contributed by atoms with Crippen LogP contribution in [0.3, 0.4) is 0 Å². The first-order chi connectivity index (χ1) is 14.3. The SMILES string of the molecule is CCCCCCCCCc1cccc([Si](OC)OC)c1CCCCCCCCC. The van der Waals surface area contributed by atoms with E-state index in [1.807, 2.05) is 0 Å². The summed E-state index contributed by atoms with van der Waals surface area (Å²) in [6.07, 6.45) is 21.5. The van der Waals surface area contributed by atoms with Crippen molar-refractivity contribution in [2.45, 2.75) is 117 Å². The Morgan fingerprint density at radius 1 is 0.621 bits per heavy atom. The van der Waals surface area contributed by atoms with Crippen molar-refractivity contribution in [1.29, 1.82) is 0 Å². The molecular formula is C26H47O2Si. The maximum absolute atomic E-state index is 5.71. The lowest BCUT2D eigenvalue weighted by molar-refractivity contribution is 0.291. The topological polar surface area (TPSA) is 18.5 Å². The van der Waals surface area contributed by atoms with Gasteiger partial charge in [-0.05, 0) is 42.0 Å². The Morgan fingerprint density at radius 2 is 1.10 bits per heavy atom. The first-order valence-corrected chi connectivity index (χ1v) is 13.7. The predicted molar refractivity (Wildman–Crippen MR) is 129 cm³/mol. The molecule has 0 spiro atoms. The number of benzene rings is 1. The molecule has 0 atom stereocenters. The summed E-state index contributed by atoms with van der Waals surface area (Å²) in [6, 6.07) is 6.80. The molecule has 0 bridgehead atoms. The Labute approximate surface area is 183 Å². The van der Waals surface area contributed by atoms with E-state index in [1.54, 1.807) is 19.8 Å². The lowest BCUT2D eigenvalue weighted by Gasteiger charge is -2.18. The van der Waals surface area contributed by atoms with E-state index in [0.29, 0.717) is 0 Å². The number of hydrogen-bond donors (Lipinski definition) is 0. The molecule has 3 heteroatoms. The molecule has 29 heavy (non-hydrogen) atoms. The maximum Gasteiger partial charge on any atom is 0.423 e. The third kappa shape index (κ3) is 11.4. The van der Waals surface area contributed by atoms with Gasteiger partial charge in [0.15, 0.2) is 0 Å². The fourth-order valence-corrected chi connectivity index (χ4v) is 5.56. The zero-order valence-corrected chi connectivity index (χ0v) is 20.9. The van der Waals surface area contributed by atoms with Crippen LogP contribution in [0.15, 0.2) is 18.2 Å². The van der Waals surface area contributed by atoms with Crippen LogP contribution in [0.1, 0.15) is 115 Å². The van der Waals surface area contributed by atoms with E-state index in [2.05, 4.69) is 32.0 Å². The van der Waals surface area contributed by atoms with E-state index in [4.69, 9.17) is 8.85 Å². The maximum atomic E-state index is 5.71. The van der Waals surface area contributed by atoms with Crippen LogP contribution < -0.4 is 5.19 Å². The minimum absolute atomic E-state index is 1.18. The zero-order chi connectivity index (χ0) is 21.2. The van der Waals surface area contributed by atoms with Gasteiger partial charge < -0.3 is 8.85 Å². The minimum atomic E-state index is -1.35. The van der Waals surface area contributed by atoms with Crippen LogP contribution in [0.5, 0.6) is 0 Å². The van der Waals surface area contributed by atoms with Gasteiger partial charge in [0.25, 0.3) is 0 Å². The highest BCUT2D eigenvalue weighted by atomic mass is 28.3. The summed E-state index contributed by atoms with van der Waals surface area (Å²) < 4.78 is 11.4. The normalized spacial score (nSPS) is 11.5. The third-order valence-electron chi connectivity index (χ3n) is 5.94. The quantitative estimate of drug-likeness (QED) is 0.173. The molecule has 1 aromatic rings. The summed E-state index contributed by atoms with van der Waals surface area (Å²) in [4.78, 5) is 0. The van der Waals surface area contributed by atoms with Crippen LogP contribution in [0.2, 0.25) is 0 Å². The average Bonchev–Trinajstić information content (AvgIpc) is 2.74. The fraction of sp³-hybridized carbons (Fsp3) is 0.769. The van der Waals surface area contributed by atoms with E-state index >= 15 is 0 Å². The second-order valence-electron chi connectivity index (χ2n) is 8.38. The Hall–Kier alpha value is -0.643. The molecule has 1 radical (unpaired) electrons. The lowest BCUT2D eigenvalue weighted by Crippen LogP contribution is -2.38. The molecule has 1 rings (SSSR count). The van der Waals surface area contributed by atoms with Crippen LogP contribution in [0.4, 0.5) is 0 Å². The van der Waals surface area contributed by atoms with Crippen molar-refractivity contribution >= 4 is 14.5 Å². The van der Waals surface area contributed by atoms with E-state index in [1.165, 1.54) is 113 Å². The molecule has 1 aromatic carbocycles. The van der Waals surface area contributed by atoms with Crippen molar-refractivity contribution in [3.05, 3.63) is 29.3 Å². The number of rotatable bonds is 19. The zero-order valence-electron chi connectivity index (χ0n) is 19.9. The summed E-state index contributed by atoms with van der Waals surface area (Å²) in [5.41, 5.74) is 3.07. The van der Waals surface area contributed by atoms with Crippen molar-refractivity contribution in [2.75, 3.05) is 14.2 Å². The van der Waals surface area contributed by atoms with Crippen LogP contribution in [-0.2, 0) is 21.7 Å². The average molecular weight is 420 g/mol.